The summed E-state index contributed by atoms with van der Waals surface area (Å²) < 4.78 is 16.8. The molecular formula is C20H22N4O5S2. The van der Waals surface area contributed by atoms with Gasteiger partial charge < -0.3 is 19.2 Å². The van der Waals surface area contributed by atoms with Crippen LogP contribution >= 0.6 is 23.1 Å². The third-order valence-electron chi connectivity index (χ3n) is 3.80. The molecule has 0 bridgehead atoms. The molecule has 2 N–H and O–H groups in total. The lowest BCUT2D eigenvalue weighted by molar-refractivity contribution is -0.118. The van der Waals surface area contributed by atoms with E-state index < -0.39 is 0 Å². The van der Waals surface area contributed by atoms with Crippen molar-refractivity contribution in [3.05, 3.63) is 47.9 Å². The number of nitrogens with one attached hydrogen (secondary N) is 2. The lowest BCUT2D eigenvalue weighted by atomic mass is 10.2. The maximum absolute atomic E-state index is 12.6. The first-order valence-electron chi connectivity index (χ1n) is 9.55. The predicted octanol–water partition coefficient (Wildman–Crippen LogP) is 3.59. The van der Waals surface area contributed by atoms with E-state index in [9.17, 15) is 9.59 Å². The first-order valence-corrected chi connectivity index (χ1v) is 11.4. The van der Waals surface area contributed by atoms with Crippen molar-refractivity contribution >= 4 is 40.0 Å². The van der Waals surface area contributed by atoms with Gasteiger partial charge in [-0.05, 0) is 44.2 Å². The van der Waals surface area contributed by atoms with Crippen molar-refractivity contribution in [2.24, 2.45) is 0 Å². The van der Waals surface area contributed by atoms with Crippen LogP contribution in [0.15, 0.2) is 45.4 Å². The van der Waals surface area contributed by atoms with Crippen LogP contribution in [0.25, 0.3) is 0 Å². The third-order valence-corrected chi connectivity index (χ3v) is 5.77. The van der Waals surface area contributed by atoms with Gasteiger partial charge in [0.05, 0.1) is 31.8 Å². The van der Waals surface area contributed by atoms with Crippen LogP contribution in [0.2, 0.25) is 0 Å². The summed E-state index contributed by atoms with van der Waals surface area (Å²) in [5.74, 6) is 1.46. The van der Waals surface area contributed by atoms with E-state index in [4.69, 9.17) is 13.9 Å². The maximum Gasteiger partial charge on any atom is 0.257 e. The lowest BCUT2D eigenvalue weighted by Crippen LogP contribution is -2.24. The zero-order chi connectivity index (χ0) is 22.1. The first kappa shape index (κ1) is 22.6. The van der Waals surface area contributed by atoms with Crippen LogP contribution in [0.3, 0.4) is 0 Å². The number of ether oxygens (including phenoxy) is 2. The minimum Gasteiger partial charge on any atom is -0.490 e. The summed E-state index contributed by atoms with van der Waals surface area (Å²) in [6.45, 7) is 5.02. The molecule has 0 spiro atoms. The van der Waals surface area contributed by atoms with Crippen molar-refractivity contribution in [3.8, 4) is 11.5 Å². The van der Waals surface area contributed by atoms with Crippen LogP contribution in [-0.4, -0.2) is 41.0 Å². The van der Waals surface area contributed by atoms with Crippen LogP contribution in [0.1, 0.15) is 30.0 Å². The Morgan fingerprint density at radius 2 is 1.94 bits per heavy atom. The third kappa shape index (κ3) is 6.72. The Morgan fingerprint density at radius 3 is 2.68 bits per heavy atom. The van der Waals surface area contributed by atoms with Crippen molar-refractivity contribution in [2.75, 3.05) is 24.3 Å². The Hall–Kier alpha value is -3.05. The monoisotopic (exact) mass is 462 g/mol. The van der Waals surface area contributed by atoms with Crippen LogP contribution in [-0.2, 0) is 11.3 Å². The molecule has 0 unspecified atom stereocenters. The number of carbonyl (C=O) groups excluding carboxylic acids is 2. The van der Waals surface area contributed by atoms with E-state index >= 15 is 0 Å². The van der Waals surface area contributed by atoms with E-state index in [2.05, 4.69) is 20.8 Å². The highest BCUT2D eigenvalue weighted by Gasteiger charge is 2.15. The summed E-state index contributed by atoms with van der Waals surface area (Å²) in [5, 5.41) is 13.8. The van der Waals surface area contributed by atoms with Gasteiger partial charge in [0.2, 0.25) is 11.0 Å². The fraction of sp³-hybridized carbons (Fsp3) is 0.300. The molecule has 0 fully saturated rings. The molecule has 3 rings (SSSR count). The summed E-state index contributed by atoms with van der Waals surface area (Å²) >= 11 is 2.43. The number of carbonyl (C=O) groups is 2. The number of benzene rings is 1. The van der Waals surface area contributed by atoms with Gasteiger partial charge in [-0.2, -0.15) is 0 Å². The van der Waals surface area contributed by atoms with Crippen molar-refractivity contribution in [1.29, 1.82) is 0 Å². The maximum atomic E-state index is 12.6. The fourth-order valence-electron chi connectivity index (χ4n) is 2.46. The van der Waals surface area contributed by atoms with E-state index in [1.807, 2.05) is 13.8 Å². The first-order chi connectivity index (χ1) is 15.1. The number of thioether (sulfide) groups is 1. The zero-order valence-electron chi connectivity index (χ0n) is 17.0. The standard InChI is InChI=1S/C20H22N4O5S2/c1-3-27-15-8-7-13(10-16(15)28-4-2)18(26)22-19-23-24-20(31-19)30-12-17(25)21-11-14-6-5-9-29-14/h5-10H,3-4,11-12H2,1-2H3,(H,21,25)(H,22,23,26). The van der Waals surface area contributed by atoms with Gasteiger partial charge in [-0.25, -0.2) is 0 Å². The van der Waals surface area contributed by atoms with Crippen LogP contribution < -0.4 is 20.1 Å². The molecule has 0 aliphatic rings. The quantitative estimate of drug-likeness (QED) is 0.328. The number of anilines is 1. The van der Waals surface area contributed by atoms with Crippen molar-refractivity contribution < 1.29 is 23.5 Å². The summed E-state index contributed by atoms with van der Waals surface area (Å²) in [7, 11) is 0. The molecule has 0 atom stereocenters. The Kier molecular flexibility index (Phi) is 8.30. The van der Waals surface area contributed by atoms with E-state index in [1.165, 1.54) is 23.1 Å². The van der Waals surface area contributed by atoms with Gasteiger partial charge in [0.15, 0.2) is 15.8 Å². The van der Waals surface area contributed by atoms with Crippen molar-refractivity contribution in [2.45, 2.75) is 24.7 Å². The number of amides is 2. The smallest absolute Gasteiger partial charge is 0.257 e. The number of hydrogen-bond acceptors (Lipinski definition) is 9. The number of aromatic nitrogens is 2. The molecule has 2 aromatic heterocycles. The van der Waals surface area contributed by atoms with Gasteiger partial charge >= 0.3 is 0 Å². The van der Waals surface area contributed by atoms with E-state index in [0.717, 1.165) is 0 Å². The molecule has 11 heteroatoms. The highest BCUT2D eigenvalue weighted by Crippen LogP contribution is 2.30. The Bertz CT molecular complexity index is 1010. The molecule has 0 aliphatic carbocycles. The highest BCUT2D eigenvalue weighted by molar-refractivity contribution is 8.01. The van der Waals surface area contributed by atoms with Crippen molar-refractivity contribution in [3.63, 3.8) is 0 Å². The number of hydrogen-bond donors (Lipinski definition) is 2. The van der Waals surface area contributed by atoms with Gasteiger partial charge in [-0.1, -0.05) is 23.1 Å². The Labute approximate surface area is 187 Å². The van der Waals surface area contributed by atoms with Gasteiger partial charge in [-0.15, -0.1) is 10.2 Å². The summed E-state index contributed by atoms with van der Waals surface area (Å²) in [4.78, 5) is 24.5. The van der Waals surface area contributed by atoms with Gasteiger partial charge in [-0.3, -0.25) is 14.9 Å². The second kappa shape index (κ2) is 11.4. The van der Waals surface area contributed by atoms with E-state index in [0.29, 0.717) is 52.1 Å². The van der Waals surface area contributed by atoms with Gasteiger partial charge in [0.1, 0.15) is 5.76 Å². The molecule has 9 nitrogen and oxygen atoms in total. The summed E-state index contributed by atoms with van der Waals surface area (Å²) in [6.07, 6.45) is 1.55. The highest BCUT2D eigenvalue weighted by atomic mass is 32.2. The van der Waals surface area contributed by atoms with Crippen LogP contribution in [0.5, 0.6) is 11.5 Å². The minimum atomic E-state index is -0.340. The second-order valence-electron chi connectivity index (χ2n) is 6.00. The fourth-order valence-corrected chi connectivity index (χ4v) is 4.03. The topological polar surface area (TPSA) is 116 Å². The van der Waals surface area contributed by atoms with E-state index in [-0.39, 0.29) is 17.6 Å². The number of nitrogens with zero attached hydrogens (tertiary/aromatic N) is 2. The average molecular weight is 463 g/mol. The minimum absolute atomic E-state index is 0.153. The molecule has 2 amide bonds. The number of rotatable bonds is 11. The summed E-state index contributed by atoms with van der Waals surface area (Å²) in [6, 6.07) is 8.53. The molecule has 31 heavy (non-hydrogen) atoms. The SMILES string of the molecule is CCOc1ccc(C(=O)Nc2nnc(SCC(=O)NCc3ccco3)s2)cc1OCC. The largest absolute Gasteiger partial charge is 0.490 e. The van der Waals surface area contributed by atoms with E-state index in [1.54, 1.807) is 36.6 Å². The molecule has 164 valence electrons. The lowest BCUT2D eigenvalue weighted by Gasteiger charge is -2.12. The van der Waals surface area contributed by atoms with Gasteiger partial charge in [0.25, 0.3) is 5.91 Å². The van der Waals surface area contributed by atoms with Crippen LogP contribution in [0.4, 0.5) is 5.13 Å². The molecule has 2 heterocycles. The molecule has 0 saturated carbocycles. The molecule has 1 aromatic carbocycles. The molecular weight excluding hydrogens is 440 g/mol. The molecule has 0 saturated heterocycles. The number of furan rings is 1. The predicted molar refractivity (Wildman–Crippen MR) is 118 cm³/mol. The Morgan fingerprint density at radius 1 is 1.13 bits per heavy atom. The molecule has 0 aliphatic heterocycles. The second-order valence-corrected chi connectivity index (χ2v) is 8.20. The van der Waals surface area contributed by atoms with Crippen LogP contribution in [0, 0.1) is 0 Å². The zero-order valence-corrected chi connectivity index (χ0v) is 18.7. The average Bonchev–Trinajstić information content (AvgIpc) is 3.44. The normalized spacial score (nSPS) is 10.5. The van der Waals surface area contributed by atoms with Gasteiger partial charge in [0, 0.05) is 5.56 Å². The summed E-state index contributed by atoms with van der Waals surface area (Å²) in [5.41, 5.74) is 0.411. The van der Waals surface area contributed by atoms with Crippen molar-refractivity contribution in [1.82, 2.24) is 15.5 Å². The molecule has 0 radical (unpaired) electrons. The Balaban J connectivity index is 1.52. The molecule has 3 aromatic rings.